The summed E-state index contributed by atoms with van der Waals surface area (Å²) in [6.07, 6.45) is 0.930. The zero-order chi connectivity index (χ0) is 20.0. The molecular weight excluding hydrogens is 352 g/mol. The minimum Gasteiger partial charge on any atom is -0.450 e. The van der Waals surface area contributed by atoms with Crippen LogP contribution in [0.5, 0.6) is 0 Å². The molecule has 2 rings (SSSR count). The summed E-state index contributed by atoms with van der Waals surface area (Å²) in [4.78, 5) is 33.8. The molecule has 0 aliphatic rings. The number of nitro groups is 1. The van der Waals surface area contributed by atoms with Crippen molar-refractivity contribution in [1.82, 2.24) is 5.32 Å². The van der Waals surface area contributed by atoms with Crippen LogP contribution in [0.3, 0.4) is 0 Å². The van der Waals surface area contributed by atoms with Gasteiger partial charge in [0.25, 0.3) is 5.91 Å². The van der Waals surface area contributed by atoms with Crippen molar-refractivity contribution in [3.8, 4) is 0 Å². The van der Waals surface area contributed by atoms with Crippen LogP contribution in [0.2, 0.25) is 0 Å². The third-order valence-electron chi connectivity index (χ3n) is 4.04. The van der Waals surface area contributed by atoms with Crippen molar-refractivity contribution in [2.24, 2.45) is 5.92 Å². The molecule has 8 heteroatoms. The number of furan rings is 1. The van der Waals surface area contributed by atoms with Gasteiger partial charge in [0, 0.05) is 0 Å². The van der Waals surface area contributed by atoms with Crippen LogP contribution in [0.25, 0.3) is 0 Å². The first-order valence-electron chi connectivity index (χ1n) is 8.61. The van der Waals surface area contributed by atoms with Crippen LogP contribution in [-0.4, -0.2) is 23.4 Å². The summed E-state index contributed by atoms with van der Waals surface area (Å²) in [5.41, 5.74) is 2.16. The number of hydrogen-bond donors (Lipinski definition) is 1. The van der Waals surface area contributed by atoms with E-state index in [1.54, 1.807) is 0 Å². The normalized spacial score (nSPS) is 11.9. The summed E-state index contributed by atoms with van der Waals surface area (Å²) >= 11 is 0. The van der Waals surface area contributed by atoms with Crippen LogP contribution < -0.4 is 5.32 Å². The maximum atomic E-state index is 12.2. The van der Waals surface area contributed by atoms with Gasteiger partial charge in [0.15, 0.2) is 6.61 Å². The zero-order valence-corrected chi connectivity index (χ0v) is 15.4. The molecule has 0 aliphatic carbocycles. The summed E-state index contributed by atoms with van der Waals surface area (Å²) in [5.74, 6) is -2.17. The predicted octanol–water partition coefficient (Wildman–Crippen LogP) is 3.42. The Morgan fingerprint density at radius 3 is 2.37 bits per heavy atom. The van der Waals surface area contributed by atoms with Crippen molar-refractivity contribution in [3.05, 3.63) is 63.4 Å². The first-order valence-corrected chi connectivity index (χ1v) is 8.61. The Morgan fingerprint density at radius 1 is 1.19 bits per heavy atom. The Balaban J connectivity index is 1.94. The number of hydrogen-bond acceptors (Lipinski definition) is 6. The molecule has 2 aromatic rings. The lowest BCUT2D eigenvalue weighted by Crippen LogP contribution is -2.35. The standard InChI is InChI=1S/C19H22N2O6/c1-4-13-5-7-14(8-6-13)18(12(2)3)20-16(22)11-26-19(23)15-9-10-17(27-15)21(24)25/h5-10,12,18H,4,11H2,1-3H3,(H,20,22)/t18-/m1/s1. The monoisotopic (exact) mass is 374 g/mol. The van der Waals surface area contributed by atoms with Gasteiger partial charge in [0.2, 0.25) is 5.76 Å². The molecule has 0 unspecified atom stereocenters. The summed E-state index contributed by atoms with van der Waals surface area (Å²) < 4.78 is 9.61. The van der Waals surface area contributed by atoms with Gasteiger partial charge in [-0.2, -0.15) is 0 Å². The largest absolute Gasteiger partial charge is 0.450 e. The third-order valence-corrected chi connectivity index (χ3v) is 4.04. The predicted molar refractivity (Wildman–Crippen MR) is 97.2 cm³/mol. The smallest absolute Gasteiger partial charge is 0.433 e. The molecule has 8 nitrogen and oxygen atoms in total. The van der Waals surface area contributed by atoms with E-state index in [1.807, 2.05) is 38.1 Å². The second-order valence-electron chi connectivity index (χ2n) is 6.36. The van der Waals surface area contributed by atoms with Crippen molar-refractivity contribution in [3.63, 3.8) is 0 Å². The van der Waals surface area contributed by atoms with Crippen molar-refractivity contribution >= 4 is 17.8 Å². The van der Waals surface area contributed by atoms with Crippen LogP contribution in [0.4, 0.5) is 5.88 Å². The van der Waals surface area contributed by atoms with Gasteiger partial charge in [-0.25, -0.2) is 4.79 Å². The van der Waals surface area contributed by atoms with Gasteiger partial charge in [0.05, 0.1) is 12.1 Å². The van der Waals surface area contributed by atoms with Gasteiger partial charge in [-0.15, -0.1) is 0 Å². The molecule has 1 aromatic heterocycles. The minimum absolute atomic E-state index is 0.129. The Morgan fingerprint density at radius 2 is 1.85 bits per heavy atom. The van der Waals surface area contributed by atoms with Gasteiger partial charge in [-0.1, -0.05) is 45.0 Å². The number of benzene rings is 1. The van der Waals surface area contributed by atoms with Crippen molar-refractivity contribution in [2.75, 3.05) is 6.61 Å². The van der Waals surface area contributed by atoms with E-state index in [0.717, 1.165) is 24.1 Å². The number of amides is 1. The van der Waals surface area contributed by atoms with Crippen LogP contribution in [0, 0.1) is 16.0 Å². The molecule has 0 fully saturated rings. The fourth-order valence-corrected chi connectivity index (χ4v) is 2.55. The number of nitrogens with zero attached hydrogens (tertiary/aromatic N) is 1. The number of nitrogens with one attached hydrogen (secondary N) is 1. The number of esters is 1. The van der Waals surface area contributed by atoms with E-state index in [9.17, 15) is 19.7 Å². The second-order valence-corrected chi connectivity index (χ2v) is 6.36. The molecule has 0 bridgehead atoms. The fourth-order valence-electron chi connectivity index (χ4n) is 2.55. The number of ether oxygens (including phenoxy) is 1. The van der Waals surface area contributed by atoms with Crippen LogP contribution in [0.15, 0.2) is 40.8 Å². The zero-order valence-electron chi connectivity index (χ0n) is 15.4. The maximum Gasteiger partial charge on any atom is 0.433 e. The Kier molecular flexibility index (Phi) is 6.70. The molecular formula is C19H22N2O6. The summed E-state index contributed by atoms with van der Waals surface area (Å²) in [6, 6.07) is 9.92. The van der Waals surface area contributed by atoms with Crippen LogP contribution in [-0.2, 0) is 16.0 Å². The molecule has 1 heterocycles. The average molecular weight is 374 g/mol. The number of carbonyl (C=O) groups is 2. The van der Waals surface area contributed by atoms with Gasteiger partial charge >= 0.3 is 11.9 Å². The average Bonchev–Trinajstić information content (AvgIpc) is 3.14. The maximum absolute atomic E-state index is 12.2. The highest BCUT2D eigenvalue weighted by Crippen LogP contribution is 2.22. The number of carbonyl (C=O) groups excluding carboxylic acids is 2. The fraction of sp³-hybridized carbons (Fsp3) is 0.368. The highest BCUT2D eigenvalue weighted by atomic mass is 16.7. The van der Waals surface area contributed by atoms with E-state index >= 15 is 0 Å². The molecule has 1 atom stereocenters. The van der Waals surface area contributed by atoms with Crippen molar-refractivity contribution in [1.29, 1.82) is 0 Å². The SMILES string of the molecule is CCc1ccc([C@H](NC(=O)COC(=O)c2ccc([N+](=O)[O-])o2)C(C)C)cc1. The van der Waals surface area contributed by atoms with E-state index in [0.29, 0.717) is 0 Å². The molecule has 0 saturated carbocycles. The summed E-state index contributed by atoms with van der Waals surface area (Å²) in [5, 5.41) is 13.4. The molecule has 144 valence electrons. The van der Waals surface area contributed by atoms with E-state index < -0.39 is 29.3 Å². The minimum atomic E-state index is -0.938. The highest BCUT2D eigenvalue weighted by molar-refractivity contribution is 5.89. The highest BCUT2D eigenvalue weighted by Gasteiger charge is 2.22. The molecule has 1 amide bonds. The molecule has 1 N–H and O–H groups in total. The van der Waals surface area contributed by atoms with Gasteiger partial charge in [-0.3, -0.25) is 14.9 Å². The Hall–Kier alpha value is -3.16. The first kappa shape index (κ1) is 20.2. The van der Waals surface area contributed by atoms with E-state index in [2.05, 4.69) is 12.2 Å². The molecule has 1 aromatic carbocycles. The van der Waals surface area contributed by atoms with Gasteiger partial charge < -0.3 is 14.5 Å². The lowest BCUT2D eigenvalue weighted by atomic mass is 9.95. The van der Waals surface area contributed by atoms with Crippen LogP contribution >= 0.6 is 0 Å². The van der Waals surface area contributed by atoms with E-state index in [1.165, 1.54) is 5.56 Å². The Labute approximate surface area is 156 Å². The third kappa shape index (κ3) is 5.40. The lowest BCUT2D eigenvalue weighted by molar-refractivity contribution is -0.402. The molecule has 27 heavy (non-hydrogen) atoms. The molecule has 0 spiro atoms. The second kappa shape index (κ2) is 8.98. The Bertz CT molecular complexity index is 810. The van der Waals surface area contributed by atoms with E-state index in [4.69, 9.17) is 9.15 Å². The lowest BCUT2D eigenvalue weighted by Gasteiger charge is -2.23. The van der Waals surface area contributed by atoms with Crippen molar-refractivity contribution < 1.29 is 23.7 Å². The van der Waals surface area contributed by atoms with E-state index in [-0.39, 0.29) is 17.7 Å². The van der Waals surface area contributed by atoms with Crippen molar-refractivity contribution in [2.45, 2.75) is 33.2 Å². The quantitative estimate of drug-likeness (QED) is 0.430. The molecule has 0 radical (unpaired) electrons. The molecule has 0 aliphatic heterocycles. The van der Waals surface area contributed by atoms with Gasteiger partial charge in [-0.05, 0) is 29.5 Å². The van der Waals surface area contributed by atoms with Crippen LogP contribution in [0.1, 0.15) is 48.5 Å². The number of rotatable bonds is 8. The summed E-state index contributed by atoms with van der Waals surface area (Å²) in [6.45, 7) is 5.52. The van der Waals surface area contributed by atoms with Gasteiger partial charge in [0.1, 0.15) is 4.92 Å². The topological polar surface area (TPSA) is 112 Å². The number of aryl methyl sites for hydroxylation is 1. The first-order chi connectivity index (χ1) is 12.8. The molecule has 0 saturated heterocycles. The summed E-state index contributed by atoms with van der Waals surface area (Å²) in [7, 11) is 0.